The van der Waals surface area contributed by atoms with Gasteiger partial charge in [-0.05, 0) is 51.9 Å². The van der Waals surface area contributed by atoms with Crippen molar-refractivity contribution in [3.05, 3.63) is 35.9 Å². The highest BCUT2D eigenvalue weighted by atomic mass is 35.5. The molecule has 0 bridgehead atoms. The van der Waals surface area contributed by atoms with Gasteiger partial charge in [-0.25, -0.2) is 0 Å². The fourth-order valence-corrected chi connectivity index (χ4v) is 2.91. The summed E-state index contributed by atoms with van der Waals surface area (Å²) in [5.74, 6) is 0.103. The fraction of sp³-hybridized carbons (Fsp3) is 0.588. The number of hydrogen-bond acceptors (Lipinski definition) is 3. The third kappa shape index (κ3) is 5.95. The van der Waals surface area contributed by atoms with Gasteiger partial charge in [0, 0.05) is 6.04 Å². The van der Waals surface area contributed by atoms with E-state index >= 15 is 0 Å². The Hall–Kier alpha value is -1.10. The molecule has 4 nitrogen and oxygen atoms in total. The first-order chi connectivity index (χ1) is 10.2. The van der Waals surface area contributed by atoms with Crippen molar-refractivity contribution in [3.63, 3.8) is 0 Å². The maximum absolute atomic E-state index is 12.2. The molecule has 1 saturated heterocycles. The summed E-state index contributed by atoms with van der Waals surface area (Å²) in [6.45, 7) is 4.66. The van der Waals surface area contributed by atoms with Crippen molar-refractivity contribution in [1.82, 2.24) is 15.5 Å². The molecule has 124 valence electrons. The third-order valence-electron chi connectivity index (χ3n) is 4.24. The van der Waals surface area contributed by atoms with Gasteiger partial charge < -0.3 is 10.6 Å². The maximum Gasteiger partial charge on any atom is 0.234 e. The predicted molar refractivity (Wildman–Crippen MR) is 93.4 cm³/mol. The SMILES string of the molecule is CC(NC(=O)CN(C)C1CCCNCC1)c1ccccc1.Cl. The topological polar surface area (TPSA) is 44.4 Å². The lowest BCUT2D eigenvalue weighted by Crippen LogP contribution is -2.41. The fourth-order valence-electron chi connectivity index (χ4n) is 2.91. The molecule has 2 unspecified atom stereocenters. The van der Waals surface area contributed by atoms with E-state index in [4.69, 9.17) is 0 Å². The number of amides is 1. The van der Waals surface area contributed by atoms with Crippen LogP contribution in [-0.4, -0.2) is 43.5 Å². The van der Waals surface area contributed by atoms with E-state index in [-0.39, 0.29) is 24.4 Å². The van der Waals surface area contributed by atoms with Crippen molar-refractivity contribution >= 4 is 18.3 Å². The standard InChI is InChI=1S/C17H27N3O.ClH/c1-14(15-7-4-3-5-8-15)19-17(21)13-20(2)16-9-6-11-18-12-10-16;/h3-5,7-8,14,16,18H,6,9-13H2,1-2H3,(H,19,21);1H. The summed E-state index contributed by atoms with van der Waals surface area (Å²) >= 11 is 0. The molecule has 1 aromatic carbocycles. The van der Waals surface area contributed by atoms with E-state index in [1.54, 1.807) is 0 Å². The van der Waals surface area contributed by atoms with Crippen LogP contribution in [0, 0.1) is 0 Å². The van der Waals surface area contributed by atoms with Gasteiger partial charge in [-0.15, -0.1) is 12.4 Å². The van der Waals surface area contributed by atoms with Gasteiger partial charge in [0.05, 0.1) is 12.6 Å². The first kappa shape index (κ1) is 18.9. The Bertz CT molecular complexity index is 433. The Labute approximate surface area is 140 Å². The number of carbonyl (C=O) groups is 1. The quantitative estimate of drug-likeness (QED) is 0.873. The number of carbonyl (C=O) groups excluding carboxylic acids is 1. The zero-order chi connectivity index (χ0) is 15.1. The summed E-state index contributed by atoms with van der Waals surface area (Å²) in [7, 11) is 2.06. The van der Waals surface area contributed by atoms with E-state index in [1.165, 1.54) is 12.8 Å². The number of nitrogens with zero attached hydrogens (tertiary/aromatic N) is 1. The molecule has 1 aromatic rings. The van der Waals surface area contributed by atoms with E-state index in [0.717, 1.165) is 25.1 Å². The highest BCUT2D eigenvalue weighted by Gasteiger charge is 2.19. The van der Waals surface area contributed by atoms with E-state index in [9.17, 15) is 4.79 Å². The first-order valence-electron chi connectivity index (χ1n) is 7.92. The lowest BCUT2D eigenvalue weighted by atomic mass is 10.1. The second-order valence-corrected chi connectivity index (χ2v) is 5.95. The van der Waals surface area contributed by atoms with Gasteiger partial charge in [-0.1, -0.05) is 30.3 Å². The van der Waals surface area contributed by atoms with Gasteiger partial charge >= 0.3 is 0 Å². The molecule has 1 amide bonds. The molecule has 2 rings (SSSR count). The molecule has 22 heavy (non-hydrogen) atoms. The maximum atomic E-state index is 12.2. The molecular formula is C17H28ClN3O. The van der Waals surface area contributed by atoms with Crippen LogP contribution in [0.3, 0.4) is 0 Å². The molecule has 0 spiro atoms. The third-order valence-corrected chi connectivity index (χ3v) is 4.24. The normalized spacial score (nSPS) is 19.9. The number of benzene rings is 1. The van der Waals surface area contributed by atoms with Crippen LogP contribution in [0.4, 0.5) is 0 Å². The summed E-state index contributed by atoms with van der Waals surface area (Å²) < 4.78 is 0. The largest absolute Gasteiger partial charge is 0.348 e. The minimum atomic E-state index is 0. The lowest BCUT2D eigenvalue weighted by molar-refractivity contribution is -0.123. The highest BCUT2D eigenvalue weighted by Crippen LogP contribution is 2.13. The summed E-state index contributed by atoms with van der Waals surface area (Å²) in [6, 6.07) is 10.7. The zero-order valence-electron chi connectivity index (χ0n) is 13.5. The summed E-state index contributed by atoms with van der Waals surface area (Å²) in [4.78, 5) is 14.4. The molecule has 0 aromatic heterocycles. The minimum absolute atomic E-state index is 0. The minimum Gasteiger partial charge on any atom is -0.348 e. The molecule has 2 N–H and O–H groups in total. The molecule has 0 aliphatic carbocycles. The average molecular weight is 326 g/mol. The zero-order valence-corrected chi connectivity index (χ0v) is 14.4. The van der Waals surface area contributed by atoms with Crippen LogP contribution in [0.2, 0.25) is 0 Å². The highest BCUT2D eigenvalue weighted by molar-refractivity contribution is 5.85. The Morgan fingerprint density at radius 3 is 2.77 bits per heavy atom. The van der Waals surface area contributed by atoms with Gasteiger partial charge in [0.1, 0.15) is 0 Å². The van der Waals surface area contributed by atoms with Crippen LogP contribution < -0.4 is 10.6 Å². The molecule has 1 aliphatic rings. The number of rotatable bonds is 5. The molecule has 2 atom stereocenters. The molecule has 0 radical (unpaired) electrons. The van der Waals surface area contributed by atoms with Crippen molar-refractivity contribution in [3.8, 4) is 0 Å². The van der Waals surface area contributed by atoms with Gasteiger partial charge in [0.25, 0.3) is 0 Å². The van der Waals surface area contributed by atoms with Gasteiger partial charge in [0.2, 0.25) is 5.91 Å². The van der Waals surface area contributed by atoms with Crippen molar-refractivity contribution < 1.29 is 4.79 Å². The van der Waals surface area contributed by atoms with Gasteiger partial charge in [-0.2, -0.15) is 0 Å². The van der Waals surface area contributed by atoms with E-state index in [1.807, 2.05) is 37.3 Å². The summed E-state index contributed by atoms with van der Waals surface area (Å²) in [5.41, 5.74) is 1.15. The van der Waals surface area contributed by atoms with Gasteiger partial charge in [-0.3, -0.25) is 9.69 Å². The molecular weight excluding hydrogens is 298 g/mol. The van der Waals surface area contributed by atoms with E-state index in [2.05, 4.69) is 22.6 Å². The van der Waals surface area contributed by atoms with E-state index in [0.29, 0.717) is 12.6 Å². The lowest BCUT2D eigenvalue weighted by Gasteiger charge is -2.27. The Balaban J connectivity index is 0.00000242. The van der Waals surface area contributed by atoms with Crippen molar-refractivity contribution in [1.29, 1.82) is 0 Å². The number of likely N-dealkylation sites (N-methyl/N-ethyl adjacent to an activating group) is 1. The second-order valence-electron chi connectivity index (χ2n) is 5.95. The average Bonchev–Trinajstić information content (AvgIpc) is 2.77. The Kier molecular flexibility index (Phi) is 8.46. The molecule has 1 fully saturated rings. The van der Waals surface area contributed by atoms with Crippen LogP contribution in [0.25, 0.3) is 0 Å². The second kappa shape index (κ2) is 9.82. The monoisotopic (exact) mass is 325 g/mol. The van der Waals surface area contributed by atoms with Crippen molar-refractivity contribution in [2.45, 2.75) is 38.3 Å². The molecule has 5 heteroatoms. The molecule has 1 aliphatic heterocycles. The van der Waals surface area contributed by atoms with Crippen molar-refractivity contribution in [2.75, 3.05) is 26.7 Å². The molecule has 0 saturated carbocycles. The summed E-state index contributed by atoms with van der Waals surface area (Å²) in [6.07, 6.45) is 3.49. The number of hydrogen-bond donors (Lipinski definition) is 2. The van der Waals surface area contributed by atoms with Gasteiger partial charge in [0.15, 0.2) is 0 Å². The van der Waals surface area contributed by atoms with Crippen LogP contribution in [0.1, 0.15) is 37.8 Å². The van der Waals surface area contributed by atoms with Crippen LogP contribution in [-0.2, 0) is 4.79 Å². The number of nitrogens with one attached hydrogen (secondary N) is 2. The van der Waals surface area contributed by atoms with Crippen LogP contribution >= 0.6 is 12.4 Å². The van der Waals surface area contributed by atoms with E-state index < -0.39 is 0 Å². The molecule has 1 heterocycles. The summed E-state index contributed by atoms with van der Waals surface area (Å²) in [5, 5.41) is 6.50. The van der Waals surface area contributed by atoms with Crippen LogP contribution in [0.5, 0.6) is 0 Å². The smallest absolute Gasteiger partial charge is 0.234 e. The number of halogens is 1. The first-order valence-corrected chi connectivity index (χ1v) is 7.92. The van der Waals surface area contributed by atoms with Crippen LogP contribution in [0.15, 0.2) is 30.3 Å². The Morgan fingerprint density at radius 1 is 1.32 bits per heavy atom. The Morgan fingerprint density at radius 2 is 2.05 bits per heavy atom. The predicted octanol–water partition coefficient (Wildman–Crippen LogP) is 2.36. The van der Waals surface area contributed by atoms with Crippen molar-refractivity contribution in [2.24, 2.45) is 0 Å².